The van der Waals surface area contributed by atoms with E-state index >= 15 is 0 Å². The average Bonchev–Trinajstić information content (AvgIpc) is 3.63. The van der Waals surface area contributed by atoms with Crippen LogP contribution in [0, 0.1) is 11.3 Å². The van der Waals surface area contributed by atoms with Gasteiger partial charge in [0, 0.05) is 54.9 Å². The van der Waals surface area contributed by atoms with Crippen molar-refractivity contribution in [2.75, 3.05) is 18.5 Å². The fourth-order valence-electron chi connectivity index (χ4n) is 4.25. The molecule has 0 unspecified atom stereocenters. The summed E-state index contributed by atoms with van der Waals surface area (Å²) in [5.74, 6) is 1.56. The Morgan fingerprint density at radius 3 is 2.74 bits per heavy atom. The number of hydrogen-bond donors (Lipinski definition) is 3. The first-order chi connectivity index (χ1) is 16.4. The van der Waals surface area contributed by atoms with Gasteiger partial charge in [-0.05, 0) is 63.8 Å². The van der Waals surface area contributed by atoms with Crippen LogP contribution in [-0.2, 0) is 15.1 Å². The van der Waals surface area contributed by atoms with Crippen molar-refractivity contribution < 1.29 is 19.0 Å². The third-order valence-corrected chi connectivity index (χ3v) is 6.39. The number of ether oxygens (including phenoxy) is 3. The SMILES string of the molecule is CC1(C)OC(=O)c2ccc(Nc3cc(O/C(=C/NC4CC4)C(=N)C4CCOCC4)ccn3)cc21. The highest BCUT2D eigenvalue weighted by atomic mass is 16.6. The first kappa shape index (κ1) is 22.4. The second-order valence-corrected chi connectivity index (χ2v) is 9.51. The molecular weight excluding hydrogens is 432 g/mol. The van der Waals surface area contributed by atoms with Crippen LogP contribution in [-0.4, -0.2) is 35.9 Å². The van der Waals surface area contributed by atoms with Crippen LogP contribution in [0.2, 0.25) is 0 Å². The standard InChI is InChI=1S/C26H30N4O4/c1-26(2)21-13-18(5-6-20(21)25(31)34-26)30-23-14-19(7-10-28-23)33-22(15-29-17-3-4-17)24(27)16-8-11-32-12-9-16/h5-7,10,13-17,27,29H,3-4,8-9,11-12H2,1-2H3,(H,28,30)/b22-15+,27-24?. The Labute approximate surface area is 199 Å². The smallest absolute Gasteiger partial charge is 0.339 e. The molecule has 2 aliphatic heterocycles. The molecule has 0 spiro atoms. The van der Waals surface area contributed by atoms with Crippen LogP contribution in [0.3, 0.4) is 0 Å². The summed E-state index contributed by atoms with van der Waals surface area (Å²) < 4.78 is 17.1. The van der Waals surface area contributed by atoms with Crippen LogP contribution in [0.25, 0.3) is 0 Å². The third kappa shape index (κ3) is 4.92. The quantitative estimate of drug-likeness (QED) is 0.298. The first-order valence-corrected chi connectivity index (χ1v) is 11.8. The number of aromatic nitrogens is 1. The molecule has 8 nitrogen and oxygen atoms in total. The number of carbonyl (C=O) groups excluding carboxylic acids is 1. The van der Waals surface area contributed by atoms with E-state index in [1.807, 2.05) is 38.2 Å². The molecule has 3 aliphatic rings. The maximum absolute atomic E-state index is 12.1. The largest absolute Gasteiger partial charge is 0.454 e. The number of nitrogens with one attached hydrogen (secondary N) is 3. The van der Waals surface area contributed by atoms with E-state index in [1.165, 1.54) is 0 Å². The number of nitrogens with zero attached hydrogens (tertiary/aromatic N) is 1. The van der Waals surface area contributed by atoms with E-state index in [-0.39, 0.29) is 11.9 Å². The zero-order valence-corrected chi connectivity index (χ0v) is 19.5. The average molecular weight is 463 g/mol. The van der Waals surface area contributed by atoms with Crippen LogP contribution in [0.1, 0.15) is 55.5 Å². The van der Waals surface area contributed by atoms with Gasteiger partial charge in [0.25, 0.3) is 0 Å². The fourth-order valence-corrected chi connectivity index (χ4v) is 4.25. The Kier molecular flexibility index (Phi) is 6.00. The molecule has 1 saturated heterocycles. The molecule has 0 radical (unpaired) electrons. The van der Waals surface area contributed by atoms with Crippen LogP contribution >= 0.6 is 0 Å². The Morgan fingerprint density at radius 2 is 1.97 bits per heavy atom. The van der Waals surface area contributed by atoms with Gasteiger partial charge in [0.1, 0.15) is 17.2 Å². The van der Waals surface area contributed by atoms with E-state index in [0.29, 0.717) is 47.9 Å². The molecule has 34 heavy (non-hydrogen) atoms. The van der Waals surface area contributed by atoms with E-state index in [2.05, 4.69) is 15.6 Å². The Morgan fingerprint density at radius 1 is 1.18 bits per heavy atom. The zero-order valence-electron chi connectivity index (χ0n) is 19.5. The monoisotopic (exact) mass is 462 g/mol. The van der Waals surface area contributed by atoms with Crippen molar-refractivity contribution in [2.45, 2.75) is 51.2 Å². The summed E-state index contributed by atoms with van der Waals surface area (Å²) in [6.45, 7) is 5.11. The van der Waals surface area contributed by atoms with Crippen LogP contribution in [0.15, 0.2) is 48.5 Å². The molecule has 5 rings (SSSR count). The third-order valence-electron chi connectivity index (χ3n) is 6.39. The van der Waals surface area contributed by atoms with Gasteiger partial charge in [-0.3, -0.25) is 0 Å². The van der Waals surface area contributed by atoms with E-state index in [9.17, 15) is 4.79 Å². The lowest BCUT2D eigenvalue weighted by atomic mass is 9.93. The van der Waals surface area contributed by atoms with Crippen molar-refractivity contribution in [1.29, 1.82) is 5.41 Å². The maximum Gasteiger partial charge on any atom is 0.339 e. The normalized spacial score (nSPS) is 19.8. The predicted octanol–water partition coefficient (Wildman–Crippen LogP) is 4.65. The Bertz CT molecular complexity index is 1130. The van der Waals surface area contributed by atoms with E-state index in [0.717, 1.165) is 36.9 Å². The molecule has 0 bridgehead atoms. The van der Waals surface area contributed by atoms with Crippen LogP contribution < -0.4 is 15.4 Å². The number of carbonyl (C=O) groups is 1. The molecular formula is C26H30N4O4. The molecule has 2 fully saturated rings. The summed E-state index contributed by atoms with van der Waals surface area (Å²) in [5, 5.41) is 15.4. The lowest BCUT2D eigenvalue weighted by molar-refractivity contribution is 0.00954. The number of allylic oxidation sites excluding steroid dienone is 1. The number of pyridine rings is 1. The molecule has 3 N–H and O–H groups in total. The van der Waals surface area contributed by atoms with Crippen molar-refractivity contribution in [2.24, 2.45) is 5.92 Å². The highest BCUT2D eigenvalue weighted by Gasteiger charge is 2.37. The molecule has 0 amide bonds. The molecule has 1 aromatic carbocycles. The zero-order chi connectivity index (χ0) is 23.7. The molecule has 1 aromatic heterocycles. The number of benzene rings is 1. The predicted molar refractivity (Wildman–Crippen MR) is 129 cm³/mol. The summed E-state index contributed by atoms with van der Waals surface area (Å²) in [6, 6.07) is 9.59. The van der Waals surface area contributed by atoms with Gasteiger partial charge in [-0.25, -0.2) is 9.78 Å². The number of cyclic esters (lactones) is 1. The van der Waals surface area contributed by atoms with Gasteiger partial charge in [-0.2, -0.15) is 0 Å². The summed E-state index contributed by atoms with van der Waals surface area (Å²) >= 11 is 0. The van der Waals surface area contributed by atoms with E-state index < -0.39 is 5.60 Å². The van der Waals surface area contributed by atoms with Crippen LogP contribution in [0.5, 0.6) is 5.75 Å². The van der Waals surface area contributed by atoms with Crippen LogP contribution in [0.4, 0.5) is 11.5 Å². The molecule has 178 valence electrons. The number of esters is 1. The van der Waals surface area contributed by atoms with Gasteiger partial charge in [0.05, 0.1) is 11.3 Å². The van der Waals surface area contributed by atoms with Crippen molar-refractivity contribution in [3.8, 4) is 5.75 Å². The number of hydrogen-bond acceptors (Lipinski definition) is 8. The molecule has 0 atom stereocenters. The van der Waals surface area contributed by atoms with Gasteiger partial charge < -0.3 is 30.3 Å². The minimum atomic E-state index is -0.665. The minimum Gasteiger partial charge on any atom is -0.454 e. The highest BCUT2D eigenvalue weighted by molar-refractivity contribution is 5.98. The number of anilines is 2. The Hall–Kier alpha value is -3.39. The van der Waals surface area contributed by atoms with Crippen molar-refractivity contribution in [1.82, 2.24) is 10.3 Å². The second kappa shape index (κ2) is 9.10. The van der Waals surface area contributed by atoms with Gasteiger partial charge >= 0.3 is 5.97 Å². The van der Waals surface area contributed by atoms with E-state index in [1.54, 1.807) is 18.3 Å². The fraction of sp³-hybridized carbons (Fsp3) is 0.423. The summed E-state index contributed by atoms with van der Waals surface area (Å²) in [7, 11) is 0. The molecule has 3 heterocycles. The molecule has 8 heteroatoms. The summed E-state index contributed by atoms with van der Waals surface area (Å²) in [4.78, 5) is 16.5. The first-order valence-electron chi connectivity index (χ1n) is 11.8. The number of fused-ring (bicyclic) bond motifs is 1. The molecule has 2 aromatic rings. The molecule has 1 aliphatic carbocycles. The molecule has 1 saturated carbocycles. The van der Waals surface area contributed by atoms with E-state index in [4.69, 9.17) is 19.6 Å². The maximum atomic E-state index is 12.1. The van der Waals surface area contributed by atoms with Gasteiger partial charge in [-0.1, -0.05) is 0 Å². The lowest BCUT2D eigenvalue weighted by Gasteiger charge is -2.24. The second-order valence-electron chi connectivity index (χ2n) is 9.51. The Balaban J connectivity index is 1.33. The van der Waals surface area contributed by atoms with Gasteiger partial charge in [0.15, 0.2) is 5.76 Å². The summed E-state index contributed by atoms with van der Waals surface area (Å²) in [6.07, 6.45) is 7.45. The minimum absolute atomic E-state index is 0.125. The highest BCUT2D eigenvalue weighted by Crippen LogP contribution is 2.37. The van der Waals surface area contributed by atoms with Crippen molar-refractivity contribution in [3.63, 3.8) is 0 Å². The van der Waals surface area contributed by atoms with Crippen molar-refractivity contribution in [3.05, 3.63) is 59.6 Å². The van der Waals surface area contributed by atoms with Crippen molar-refractivity contribution >= 4 is 23.2 Å². The summed E-state index contributed by atoms with van der Waals surface area (Å²) in [5.41, 5.74) is 2.06. The number of rotatable bonds is 8. The lowest BCUT2D eigenvalue weighted by Crippen LogP contribution is -2.27. The van der Waals surface area contributed by atoms with Gasteiger partial charge in [-0.15, -0.1) is 0 Å². The van der Waals surface area contributed by atoms with Gasteiger partial charge in [0.2, 0.25) is 0 Å². The topological polar surface area (TPSA) is 106 Å².